The van der Waals surface area contributed by atoms with E-state index in [-0.39, 0.29) is 6.04 Å². The van der Waals surface area contributed by atoms with Crippen LogP contribution in [0.4, 0.5) is 0 Å². The summed E-state index contributed by atoms with van der Waals surface area (Å²) in [5, 5.41) is 0. The van der Waals surface area contributed by atoms with Crippen LogP contribution in [-0.4, -0.2) is 6.26 Å². The van der Waals surface area contributed by atoms with Crippen molar-refractivity contribution < 1.29 is 0 Å². The van der Waals surface area contributed by atoms with Crippen molar-refractivity contribution in [2.45, 2.75) is 17.9 Å². The fourth-order valence-corrected chi connectivity index (χ4v) is 2.44. The summed E-state index contributed by atoms with van der Waals surface area (Å²) in [5.41, 5.74) is 6.51. The second kappa shape index (κ2) is 6.05. The second-order valence-corrected chi connectivity index (χ2v) is 5.17. The van der Waals surface area contributed by atoms with Gasteiger partial charge < -0.3 is 0 Å². The van der Waals surface area contributed by atoms with E-state index in [0.29, 0.717) is 0 Å². The SMILES string of the molecule is CSc1ccc(C(NN)c2cccc(C)c2)cc1. The molecule has 0 aliphatic carbocycles. The second-order valence-electron chi connectivity index (χ2n) is 4.29. The monoisotopic (exact) mass is 258 g/mol. The molecule has 0 amide bonds. The largest absolute Gasteiger partial charge is 0.271 e. The van der Waals surface area contributed by atoms with Crippen LogP contribution in [0.25, 0.3) is 0 Å². The highest BCUT2D eigenvalue weighted by Crippen LogP contribution is 2.24. The van der Waals surface area contributed by atoms with Crippen molar-refractivity contribution in [3.63, 3.8) is 0 Å². The van der Waals surface area contributed by atoms with Gasteiger partial charge >= 0.3 is 0 Å². The Morgan fingerprint density at radius 1 is 1.06 bits per heavy atom. The quantitative estimate of drug-likeness (QED) is 0.502. The zero-order valence-corrected chi connectivity index (χ0v) is 11.5. The average Bonchev–Trinajstić information content (AvgIpc) is 2.40. The predicted molar refractivity (Wildman–Crippen MR) is 78.6 cm³/mol. The van der Waals surface area contributed by atoms with E-state index in [1.807, 2.05) is 0 Å². The normalized spacial score (nSPS) is 12.4. The molecule has 18 heavy (non-hydrogen) atoms. The molecular weight excluding hydrogens is 240 g/mol. The van der Waals surface area contributed by atoms with Crippen molar-refractivity contribution >= 4 is 11.8 Å². The molecule has 2 aromatic rings. The Hall–Kier alpha value is -1.29. The van der Waals surface area contributed by atoms with E-state index in [1.165, 1.54) is 21.6 Å². The molecule has 0 bridgehead atoms. The maximum Gasteiger partial charge on any atom is 0.0710 e. The fraction of sp³-hybridized carbons (Fsp3) is 0.200. The van der Waals surface area contributed by atoms with Crippen molar-refractivity contribution in [1.82, 2.24) is 5.43 Å². The van der Waals surface area contributed by atoms with Crippen LogP contribution in [0.15, 0.2) is 53.4 Å². The molecule has 1 atom stereocenters. The molecular formula is C15H18N2S. The number of hydrogen-bond acceptors (Lipinski definition) is 3. The molecule has 94 valence electrons. The van der Waals surface area contributed by atoms with Gasteiger partial charge in [0.05, 0.1) is 6.04 Å². The number of hydrazine groups is 1. The molecule has 2 rings (SSSR count). The van der Waals surface area contributed by atoms with Gasteiger partial charge in [0.15, 0.2) is 0 Å². The fourth-order valence-electron chi connectivity index (χ4n) is 2.03. The molecule has 0 radical (unpaired) electrons. The van der Waals surface area contributed by atoms with E-state index in [4.69, 9.17) is 5.84 Å². The summed E-state index contributed by atoms with van der Waals surface area (Å²) >= 11 is 1.74. The zero-order chi connectivity index (χ0) is 13.0. The lowest BCUT2D eigenvalue weighted by Gasteiger charge is -2.17. The van der Waals surface area contributed by atoms with Gasteiger partial charge in [0.2, 0.25) is 0 Å². The Morgan fingerprint density at radius 3 is 2.33 bits per heavy atom. The van der Waals surface area contributed by atoms with E-state index in [0.717, 1.165) is 0 Å². The van der Waals surface area contributed by atoms with Crippen molar-refractivity contribution in [3.8, 4) is 0 Å². The number of aryl methyl sites for hydroxylation is 1. The van der Waals surface area contributed by atoms with Crippen LogP contribution in [0.2, 0.25) is 0 Å². The van der Waals surface area contributed by atoms with Gasteiger partial charge in [-0.05, 0) is 36.4 Å². The lowest BCUT2D eigenvalue weighted by molar-refractivity contribution is 0.636. The molecule has 0 aromatic heterocycles. The van der Waals surface area contributed by atoms with Gasteiger partial charge in [-0.2, -0.15) is 0 Å². The third-order valence-electron chi connectivity index (χ3n) is 2.99. The minimum atomic E-state index is 0.0424. The van der Waals surface area contributed by atoms with Gasteiger partial charge in [-0.15, -0.1) is 11.8 Å². The van der Waals surface area contributed by atoms with E-state index in [9.17, 15) is 0 Å². The lowest BCUT2D eigenvalue weighted by Crippen LogP contribution is -2.28. The Labute approximate surface area is 113 Å². The Balaban J connectivity index is 2.32. The standard InChI is InChI=1S/C15H18N2S/c1-11-4-3-5-13(10-11)15(17-16)12-6-8-14(18-2)9-7-12/h3-10,15,17H,16H2,1-2H3. The van der Waals surface area contributed by atoms with Crippen molar-refractivity contribution in [2.24, 2.45) is 5.84 Å². The van der Waals surface area contributed by atoms with Crippen LogP contribution in [-0.2, 0) is 0 Å². The van der Waals surface area contributed by atoms with Crippen LogP contribution >= 0.6 is 11.8 Å². The molecule has 0 saturated heterocycles. The molecule has 0 aliphatic rings. The first-order chi connectivity index (χ1) is 8.74. The molecule has 3 N–H and O–H groups in total. The summed E-state index contributed by atoms with van der Waals surface area (Å²) in [7, 11) is 0. The van der Waals surface area contributed by atoms with Gasteiger partial charge in [-0.3, -0.25) is 5.84 Å². The molecule has 0 heterocycles. The molecule has 2 aromatic carbocycles. The molecule has 0 spiro atoms. The molecule has 0 saturated carbocycles. The van der Waals surface area contributed by atoms with Crippen molar-refractivity contribution in [3.05, 3.63) is 65.2 Å². The van der Waals surface area contributed by atoms with Crippen LogP contribution in [0.1, 0.15) is 22.7 Å². The van der Waals surface area contributed by atoms with Gasteiger partial charge in [0.25, 0.3) is 0 Å². The number of benzene rings is 2. The number of rotatable bonds is 4. The maximum absolute atomic E-state index is 5.70. The third kappa shape index (κ3) is 2.93. The van der Waals surface area contributed by atoms with E-state index < -0.39 is 0 Å². The van der Waals surface area contributed by atoms with E-state index >= 15 is 0 Å². The Bertz CT molecular complexity index is 508. The van der Waals surface area contributed by atoms with Crippen molar-refractivity contribution in [1.29, 1.82) is 0 Å². The lowest BCUT2D eigenvalue weighted by atomic mass is 9.98. The van der Waals surface area contributed by atoms with Gasteiger partial charge in [-0.25, -0.2) is 5.43 Å². The molecule has 3 heteroatoms. The van der Waals surface area contributed by atoms with Crippen LogP contribution in [0, 0.1) is 6.92 Å². The number of nitrogens with one attached hydrogen (secondary N) is 1. The van der Waals surface area contributed by atoms with E-state index in [1.54, 1.807) is 11.8 Å². The highest BCUT2D eigenvalue weighted by atomic mass is 32.2. The highest BCUT2D eigenvalue weighted by Gasteiger charge is 2.11. The minimum absolute atomic E-state index is 0.0424. The number of nitrogens with two attached hydrogens (primary N) is 1. The first-order valence-corrected chi connectivity index (χ1v) is 7.13. The molecule has 0 aliphatic heterocycles. The predicted octanol–water partition coefficient (Wildman–Crippen LogP) is 3.27. The Kier molecular flexibility index (Phi) is 4.42. The molecule has 2 nitrogen and oxygen atoms in total. The van der Waals surface area contributed by atoms with Gasteiger partial charge in [-0.1, -0.05) is 42.0 Å². The van der Waals surface area contributed by atoms with Crippen LogP contribution < -0.4 is 11.3 Å². The first kappa shape index (κ1) is 13.1. The number of hydrogen-bond donors (Lipinski definition) is 2. The maximum atomic E-state index is 5.70. The first-order valence-electron chi connectivity index (χ1n) is 5.91. The summed E-state index contributed by atoms with van der Waals surface area (Å²) in [6.07, 6.45) is 2.08. The summed E-state index contributed by atoms with van der Waals surface area (Å²) in [6.45, 7) is 2.09. The topological polar surface area (TPSA) is 38.0 Å². The van der Waals surface area contributed by atoms with Gasteiger partial charge in [0, 0.05) is 4.90 Å². The summed E-state index contributed by atoms with van der Waals surface area (Å²) in [4.78, 5) is 1.26. The summed E-state index contributed by atoms with van der Waals surface area (Å²) in [6, 6.07) is 16.9. The van der Waals surface area contributed by atoms with Crippen LogP contribution in [0.3, 0.4) is 0 Å². The third-order valence-corrected chi connectivity index (χ3v) is 3.73. The average molecular weight is 258 g/mol. The molecule has 1 unspecified atom stereocenters. The minimum Gasteiger partial charge on any atom is -0.271 e. The molecule has 0 fully saturated rings. The highest BCUT2D eigenvalue weighted by molar-refractivity contribution is 7.98. The Morgan fingerprint density at radius 2 is 1.78 bits per heavy atom. The smallest absolute Gasteiger partial charge is 0.0710 e. The summed E-state index contributed by atoms with van der Waals surface area (Å²) in [5.74, 6) is 5.70. The van der Waals surface area contributed by atoms with Crippen molar-refractivity contribution in [2.75, 3.05) is 6.26 Å². The van der Waals surface area contributed by atoms with Crippen LogP contribution in [0.5, 0.6) is 0 Å². The number of thioether (sulfide) groups is 1. The van der Waals surface area contributed by atoms with Gasteiger partial charge in [0.1, 0.15) is 0 Å². The van der Waals surface area contributed by atoms with E-state index in [2.05, 4.69) is 67.1 Å². The summed E-state index contributed by atoms with van der Waals surface area (Å²) < 4.78 is 0. The zero-order valence-electron chi connectivity index (χ0n) is 10.7.